The summed E-state index contributed by atoms with van der Waals surface area (Å²) < 4.78 is 13.3. The van der Waals surface area contributed by atoms with E-state index in [1.165, 1.54) is 5.56 Å². The lowest BCUT2D eigenvalue weighted by Gasteiger charge is -2.21. The van der Waals surface area contributed by atoms with Crippen molar-refractivity contribution in [2.24, 2.45) is 0 Å². The van der Waals surface area contributed by atoms with Crippen LogP contribution in [0.15, 0.2) is 72.1 Å². The van der Waals surface area contributed by atoms with Gasteiger partial charge in [-0.05, 0) is 29.8 Å². The molecule has 0 atom stereocenters. The highest BCUT2D eigenvalue weighted by Gasteiger charge is 2.19. The molecule has 0 N–H and O–H groups in total. The number of thioether (sulfide) groups is 1. The third-order valence-electron chi connectivity index (χ3n) is 4.93. The van der Waals surface area contributed by atoms with Crippen LogP contribution in [0, 0.1) is 0 Å². The maximum atomic E-state index is 6.33. The van der Waals surface area contributed by atoms with E-state index in [1.807, 2.05) is 42.5 Å². The maximum Gasteiger partial charge on any atom is 0.192 e. The van der Waals surface area contributed by atoms with Crippen LogP contribution in [0.25, 0.3) is 11.4 Å². The normalized spacial score (nSPS) is 12.9. The van der Waals surface area contributed by atoms with Crippen LogP contribution in [0.4, 0.5) is 0 Å². The second-order valence-electron chi connectivity index (χ2n) is 7.07. The Kier molecular flexibility index (Phi) is 5.88. The van der Waals surface area contributed by atoms with Crippen molar-refractivity contribution in [3.05, 3.63) is 88.7 Å². The summed E-state index contributed by atoms with van der Waals surface area (Å²) in [6.07, 6.45) is 3.56. The molecule has 0 radical (unpaired) electrons. The van der Waals surface area contributed by atoms with Crippen molar-refractivity contribution in [2.75, 3.05) is 6.79 Å². The van der Waals surface area contributed by atoms with Crippen LogP contribution >= 0.6 is 23.4 Å². The molecule has 5 rings (SSSR count). The fourth-order valence-corrected chi connectivity index (χ4v) is 4.69. The van der Waals surface area contributed by atoms with E-state index < -0.39 is 0 Å². The molecule has 0 saturated carbocycles. The minimum absolute atomic E-state index is 0.252. The fourth-order valence-electron chi connectivity index (χ4n) is 3.52. The van der Waals surface area contributed by atoms with Crippen molar-refractivity contribution in [1.82, 2.24) is 19.7 Å². The van der Waals surface area contributed by atoms with E-state index >= 15 is 0 Å². The van der Waals surface area contributed by atoms with Crippen molar-refractivity contribution in [3.8, 4) is 17.1 Å². The van der Waals surface area contributed by atoms with E-state index in [-0.39, 0.29) is 6.79 Å². The summed E-state index contributed by atoms with van der Waals surface area (Å²) in [5.74, 6) is 2.30. The molecule has 6 nitrogen and oxygen atoms in total. The lowest BCUT2D eigenvalue weighted by molar-refractivity contribution is -0.0168. The average Bonchev–Trinajstić information content (AvgIpc) is 3.21. The van der Waals surface area contributed by atoms with Crippen LogP contribution in [0.1, 0.15) is 16.7 Å². The molecule has 31 heavy (non-hydrogen) atoms. The summed E-state index contributed by atoms with van der Waals surface area (Å²) in [7, 11) is 0. The van der Waals surface area contributed by atoms with Gasteiger partial charge >= 0.3 is 0 Å². The molecule has 8 heteroatoms. The van der Waals surface area contributed by atoms with Crippen LogP contribution in [0.5, 0.6) is 5.75 Å². The summed E-state index contributed by atoms with van der Waals surface area (Å²) in [5, 5.41) is 10.5. The predicted molar refractivity (Wildman–Crippen MR) is 120 cm³/mol. The molecule has 1 aliphatic rings. The van der Waals surface area contributed by atoms with Crippen molar-refractivity contribution < 1.29 is 9.47 Å². The lowest BCUT2D eigenvalue weighted by Crippen LogP contribution is -2.13. The van der Waals surface area contributed by atoms with Gasteiger partial charge in [-0.3, -0.25) is 9.55 Å². The van der Waals surface area contributed by atoms with Gasteiger partial charge in [0.2, 0.25) is 0 Å². The first kappa shape index (κ1) is 20.1. The summed E-state index contributed by atoms with van der Waals surface area (Å²) in [5.41, 5.74) is 4.09. The second kappa shape index (κ2) is 9.09. The Morgan fingerprint density at radius 2 is 1.97 bits per heavy atom. The molecule has 0 spiro atoms. The topological polar surface area (TPSA) is 62.1 Å². The molecule has 156 valence electrons. The zero-order chi connectivity index (χ0) is 21.0. The number of nitrogens with zero attached hydrogens (tertiary/aromatic N) is 4. The highest BCUT2D eigenvalue weighted by atomic mass is 35.5. The van der Waals surface area contributed by atoms with Crippen LogP contribution in [0.3, 0.4) is 0 Å². The van der Waals surface area contributed by atoms with Gasteiger partial charge in [0.15, 0.2) is 17.8 Å². The first-order chi connectivity index (χ1) is 15.3. The number of hydrogen-bond donors (Lipinski definition) is 0. The molecule has 2 aromatic carbocycles. The molecule has 4 aromatic rings. The second-order valence-corrected chi connectivity index (χ2v) is 8.45. The molecule has 0 fully saturated rings. The number of rotatable bonds is 6. The van der Waals surface area contributed by atoms with Gasteiger partial charge in [-0.25, -0.2) is 0 Å². The van der Waals surface area contributed by atoms with Gasteiger partial charge in [0, 0.05) is 39.9 Å². The Morgan fingerprint density at radius 1 is 1.06 bits per heavy atom. The molecule has 0 saturated heterocycles. The van der Waals surface area contributed by atoms with E-state index in [0.717, 1.165) is 33.4 Å². The first-order valence-corrected chi connectivity index (χ1v) is 11.2. The Morgan fingerprint density at radius 3 is 2.81 bits per heavy atom. The van der Waals surface area contributed by atoms with Crippen LogP contribution in [-0.2, 0) is 23.6 Å². The van der Waals surface area contributed by atoms with Gasteiger partial charge in [0.05, 0.1) is 13.2 Å². The number of benzene rings is 2. The zero-order valence-corrected chi connectivity index (χ0v) is 18.1. The molecule has 2 aromatic heterocycles. The molecule has 1 aliphatic heterocycles. The summed E-state index contributed by atoms with van der Waals surface area (Å²) in [6, 6.07) is 18.0. The SMILES string of the molecule is Clc1cc2c(c(CSc3nnc(-c4cccnc4)n3Cc3ccccc3)c1)OCOC2. The standard InChI is InChI=1S/C23H19ClN4O2S/c24-20-9-18-13-29-15-30-21(18)19(10-20)14-31-23-27-26-22(17-7-4-8-25-11-17)28(23)12-16-5-2-1-3-6-16/h1-11H,12-15H2. The zero-order valence-electron chi connectivity index (χ0n) is 16.6. The van der Waals surface area contributed by atoms with Gasteiger partial charge in [-0.15, -0.1) is 10.2 Å². The summed E-state index contributed by atoms with van der Waals surface area (Å²) >= 11 is 7.93. The van der Waals surface area contributed by atoms with Gasteiger partial charge in [0.1, 0.15) is 5.75 Å². The number of halogens is 1. The minimum Gasteiger partial charge on any atom is -0.467 e. The Labute approximate surface area is 189 Å². The molecular weight excluding hydrogens is 432 g/mol. The number of fused-ring (bicyclic) bond motifs is 1. The molecule has 0 unspecified atom stereocenters. The Hall–Kier alpha value is -2.87. The average molecular weight is 451 g/mol. The van der Waals surface area contributed by atoms with Crippen LogP contribution in [-0.4, -0.2) is 26.5 Å². The smallest absolute Gasteiger partial charge is 0.192 e. The predicted octanol–water partition coefficient (Wildman–Crippen LogP) is 5.20. The van der Waals surface area contributed by atoms with Crippen LogP contribution < -0.4 is 4.74 Å². The van der Waals surface area contributed by atoms with Crippen molar-refractivity contribution >= 4 is 23.4 Å². The Balaban J connectivity index is 1.47. The van der Waals surface area contributed by atoms with Gasteiger partial charge in [-0.1, -0.05) is 53.7 Å². The third kappa shape index (κ3) is 4.44. The number of hydrogen-bond acceptors (Lipinski definition) is 6. The van der Waals surface area contributed by atoms with Crippen molar-refractivity contribution in [3.63, 3.8) is 0 Å². The van der Waals surface area contributed by atoms with Crippen molar-refractivity contribution in [1.29, 1.82) is 0 Å². The highest BCUT2D eigenvalue weighted by molar-refractivity contribution is 7.98. The number of pyridine rings is 1. The maximum absolute atomic E-state index is 6.33. The fraction of sp³-hybridized carbons (Fsp3) is 0.174. The van der Waals surface area contributed by atoms with E-state index in [4.69, 9.17) is 21.1 Å². The number of aromatic nitrogens is 4. The number of ether oxygens (including phenoxy) is 2. The molecule has 3 heterocycles. The summed E-state index contributed by atoms with van der Waals surface area (Å²) in [4.78, 5) is 4.24. The van der Waals surface area contributed by atoms with Gasteiger partial charge in [0.25, 0.3) is 0 Å². The van der Waals surface area contributed by atoms with E-state index in [0.29, 0.717) is 23.9 Å². The van der Waals surface area contributed by atoms with Crippen LogP contribution in [0.2, 0.25) is 5.02 Å². The first-order valence-electron chi connectivity index (χ1n) is 9.80. The monoisotopic (exact) mass is 450 g/mol. The third-order valence-corrected chi connectivity index (χ3v) is 6.16. The lowest BCUT2D eigenvalue weighted by atomic mass is 10.1. The van der Waals surface area contributed by atoms with Gasteiger partial charge in [-0.2, -0.15) is 0 Å². The highest BCUT2D eigenvalue weighted by Crippen LogP contribution is 2.36. The minimum atomic E-state index is 0.252. The van der Waals surface area contributed by atoms with E-state index in [1.54, 1.807) is 24.2 Å². The molecule has 0 amide bonds. The molecule has 0 bridgehead atoms. The Bertz CT molecular complexity index is 1190. The molecular formula is C23H19ClN4O2S. The van der Waals surface area contributed by atoms with E-state index in [9.17, 15) is 0 Å². The largest absolute Gasteiger partial charge is 0.467 e. The molecule has 0 aliphatic carbocycles. The van der Waals surface area contributed by atoms with Gasteiger partial charge < -0.3 is 9.47 Å². The van der Waals surface area contributed by atoms with E-state index in [2.05, 4.69) is 31.9 Å². The summed E-state index contributed by atoms with van der Waals surface area (Å²) in [6.45, 7) is 1.42. The quantitative estimate of drug-likeness (QED) is 0.376. The van der Waals surface area contributed by atoms with Crippen molar-refractivity contribution in [2.45, 2.75) is 24.1 Å².